The van der Waals surface area contributed by atoms with Gasteiger partial charge in [0.2, 0.25) is 0 Å². The van der Waals surface area contributed by atoms with Crippen LogP contribution in [0.15, 0.2) is 0 Å². The highest BCUT2D eigenvalue weighted by molar-refractivity contribution is 6.07. The predicted molar refractivity (Wildman–Crippen MR) is 49.1 cm³/mol. The molecule has 0 N–H and O–H groups in total. The zero-order valence-electron chi connectivity index (χ0n) is 7.90. The zero-order chi connectivity index (χ0) is 9.42. The van der Waals surface area contributed by atoms with Crippen LogP contribution in [0.4, 0.5) is 0 Å². The summed E-state index contributed by atoms with van der Waals surface area (Å²) in [5.41, 5.74) is 0. The fraction of sp³-hybridized carbons (Fsp3) is 0.889. The molecule has 2 fully saturated rings. The van der Waals surface area contributed by atoms with Crippen molar-refractivity contribution < 1.29 is 9.53 Å². The van der Waals surface area contributed by atoms with Crippen LogP contribution in [0.3, 0.4) is 0 Å². The molecule has 2 radical (unpaired) electrons. The van der Waals surface area contributed by atoms with Crippen molar-refractivity contribution in [3.8, 4) is 0 Å². The minimum absolute atomic E-state index is 0.141. The van der Waals surface area contributed by atoms with Gasteiger partial charge in [-0.1, -0.05) is 0 Å². The maximum atomic E-state index is 11.5. The Morgan fingerprint density at radius 2 is 2.38 bits per heavy atom. The molecule has 70 valence electrons. The summed E-state index contributed by atoms with van der Waals surface area (Å²) in [6, 6.07) is 0.248. The van der Waals surface area contributed by atoms with Gasteiger partial charge in [0.05, 0.1) is 6.61 Å². The Labute approximate surface area is 79.9 Å². The first-order chi connectivity index (χ1) is 6.24. The predicted octanol–water partition coefficient (Wildman–Crippen LogP) is 0.486. The topological polar surface area (TPSA) is 29.5 Å². The van der Waals surface area contributed by atoms with Crippen LogP contribution in [0.1, 0.15) is 26.2 Å². The van der Waals surface area contributed by atoms with Crippen molar-refractivity contribution in [2.45, 2.75) is 38.3 Å². The van der Waals surface area contributed by atoms with E-state index < -0.39 is 0 Å². The lowest BCUT2D eigenvalue weighted by Crippen LogP contribution is -2.44. The smallest absolute Gasteiger partial charge is 0.322 e. The summed E-state index contributed by atoms with van der Waals surface area (Å²) in [5.74, 6) is 0.297. The Kier molecular flexibility index (Phi) is 2.32. The highest BCUT2D eigenvalue weighted by Gasteiger charge is 2.47. The number of hydrogen-bond donors (Lipinski definition) is 0. The van der Waals surface area contributed by atoms with Gasteiger partial charge in [-0.15, -0.1) is 0 Å². The van der Waals surface area contributed by atoms with E-state index in [2.05, 4.69) is 0 Å². The van der Waals surface area contributed by atoms with Crippen LogP contribution in [-0.2, 0) is 9.53 Å². The normalized spacial score (nSPS) is 38.1. The average Bonchev–Trinajstić information content (AvgIpc) is 2.63. The van der Waals surface area contributed by atoms with E-state index in [0.29, 0.717) is 18.6 Å². The van der Waals surface area contributed by atoms with Crippen LogP contribution >= 0.6 is 0 Å². The van der Waals surface area contributed by atoms with Gasteiger partial charge >= 0.3 is 5.97 Å². The molecular formula is C9H14BNO2. The van der Waals surface area contributed by atoms with Gasteiger partial charge < -0.3 is 9.55 Å². The molecule has 0 amide bonds. The summed E-state index contributed by atoms with van der Waals surface area (Å²) < 4.78 is 4.99. The lowest BCUT2D eigenvalue weighted by Gasteiger charge is -2.30. The zero-order valence-corrected chi connectivity index (χ0v) is 7.90. The van der Waals surface area contributed by atoms with Crippen LogP contribution < -0.4 is 0 Å². The summed E-state index contributed by atoms with van der Waals surface area (Å²) in [6.45, 7) is 2.27. The third kappa shape index (κ3) is 1.37. The second kappa shape index (κ2) is 3.33. The number of rotatable bonds is 2. The summed E-state index contributed by atoms with van der Waals surface area (Å²) in [7, 11) is 5.83. The Balaban J connectivity index is 2.03. The Hall–Kier alpha value is -0.505. The van der Waals surface area contributed by atoms with Crippen molar-refractivity contribution in [3.05, 3.63) is 0 Å². The van der Waals surface area contributed by atoms with Crippen LogP contribution in [-0.4, -0.2) is 37.5 Å². The molecule has 0 aromatic carbocycles. The van der Waals surface area contributed by atoms with Crippen molar-refractivity contribution in [2.75, 3.05) is 6.61 Å². The van der Waals surface area contributed by atoms with Crippen LogP contribution in [0.5, 0.6) is 0 Å². The van der Waals surface area contributed by atoms with E-state index in [-0.39, 0.29) is 12.0 Å². The molecule has 13 heavy (non-hydrogen) atoms. The monoisotopic (exact) mass is 179 g/mol. The molecule has 1 aliphatic carbocycles. The van der Waals surface area contributed by atoms with E-state index in [1.165, 1.54) is 0 Å². The van der Waals surface area contributed by atoms with Gasteiger partial charge in [-0.05, 0) is 38.1 Å². The van der Waals surface area contributed by atoms with Gasteiger partial charge in [0.15, 0.2) is 7.98 Å². The first kappa shape index (κ1) is 9.07. The van der Waals surface area contributed by atoms with Crippen LogP contribution in [0.25, 0.3) is 0 Å². The number of esters is 1. The molecule has 0 aromatic rings. The fourth-order valence-corrected chi connectivity index (χ4v) is 2.56. The van der Waals surface area contributed by atoms with Gasteiger partial charge in [-0.2, -0.15) is 0 Å². The van der Waals surface area contributed by atoms with Crippen molar-refractivity contribution in [2.24, 2.45) is 5.92 Å². The number of fused-ring (bicyclic) bond motifs is 2. The molecule has 2 unspecified atom stereocenters. The van der Waals surface area contributed by atoms with Crippen LogP contribution in [0.2, 0.25) is 0 Å². The highest BCUT2D eigenvalue weighted by Crippen LogP contribution is 2.41. The molecule has 1 heterocycles. The minimum atomic E-state index is -0.168. The first-order valence-corrected chi connectivity index (χ1v) is 4.93. The van der Waals surface area contributed by atoms with E-state index in [9.17, 15) is 4.79 Å². The number of carbonyl (C=O) groups is 1. The van der Waals surface area contributed by atoms with E-state index >= 15 is 0 Å². The quantitative estimate of drug-likeness (QED) is 0.456. The van der Waals surface area contributed by atoms with Gasteiger partial charge in [-0.25, -0.2) is 0 Å². The molecule has 4 heteroatoms. The summed E-state index contributed by atoms with van der Waals surface area (Å²) in [5, 5.41) is 0. The van der Waals surface area contributed by atoms with Gasteiger partial charge in [-0.3, -0.25) is 4.79 Å². The summed E-state index contributed by atoms with van der Waals surface area (Å²) >= 11 is 0. The maximum absolute atomic E-state index is 11.5. The second-order valence-electron chi connectivity index (χ2n) is 3.87. The molecule has 3 atom stereocenters. The van der Waals surface area contributed by atoms with E-state index in [1.807, 2.05) is 6.92 Å². The highest BCUT2D eigenvalue weighted by atomic mass is 16.5. The van der Waals surface area contributed by atoms with Gasteiger partial charge in [0.1, 0.15) is 6.04 Å². The van der Waals surface area contributed by atoms with Crippen molar-refractivity contribution in [1.82, 2.24) is 4.81 Å². The van der Waals surface area contributed by atoms with E-state index in [0.717, 1.165) is 19.3 Å². The fourth-order valence-electron chi connectivity index (χ4n) is 2.56. The molecule has 0 spiro atoms. The molecule has 1 saturated carbocycles. The van der Waals surface area contributed by atoms with Gasteiger partial charge in [0, 0.05) is 0 Å². The number of nitrogens with zero attached hydrogens (tertiary/aromatic N) is 1. The SMILES string of the molecule is [B]N1C2CCC(C2)[C@H]1C(=O)OCC. The molecule has 1 aliphatic heterocycles. The molecule has 2 rings (SSSR count). The summed E-state index contributed by atoms with van der Waals surface area (Å²) in [6.07, 6.45) is 3.33. The Morgan fingerprint density at radius 3 is 2.92 bits per heavy atom. The molecule has 0 aromatic heterocycles. The Morgan fingerprint density at radius 1 is 1.62 bits per heavy atom. The minimum Gasteiger partial charge on any atom is -0.465 e. The van der Waals surface area contributed by atoms with E-state index in [4.69, 9.17) is 12.7 Å². The molecule has 2 aliphatic rings. The average molecular weight is 179 g/mol. The van der Waals surface area contributed by atoms with Crippen molar-refractivity contribution >= 4 is 14.0 Å². The van der Waals surface area contributed by atoms with Crippen LogP contribution in [0, 0.1) is 5.92 Å². The molecule has 1 saturated heterocycles. The largest absolute Gasteiger partial charge is 0.465 e. The summed E-state index contributed by atoms with van der Waals surface area (Å²) in [4.78, 5) is 13.2. The number of piperidine rings is 1. The first-order valence-electron chi connectivity index (χ1n) is 4.93. The second-order valence-corrected chi connectivity index (χ2v) is 3.87. The maximum Gasteiger partial charge on any atom is 0.322 e. The van der Waals surface area contributed by atoms with E-state index in [1.54, 1.807) is 4.81 Å². The standard InChI is InChI=1S/C9H14BNO2/c1-2-13-9(12)8-6-3-4-7(5-6)11(8)10/h6-8H,2-5H2,1H3/t6?,7?,8-/m0/s1. The lowest BCUT2D eigenvalue weighted by atomic mass is 9.96. The number of hydrogen-bond acceptors (Lipinski definition) is 3. The third-order valence-electron chi connectivity index (χ3n) is 3.16. The lowest BCUT2D eigenvalue weighted by molar-refractivity contribution is -0.149. The van der Waals surface area contributed by atoms with Crippen molar-refractivity contribution in [1.29, 1.82) is 0 Å². The third-order valence-corrected chi connectivity index (χ3v) is 3.16. The molecular weight excluding hydrogens is 165 g/mol. The molecule has 2 bridgehead atoms. The number of ether oxygens (including phenoxy) is 1. The number of carbonyl (C=O) groups excluding carboxylic acids is 1. The molecule has 3 nitrogen and oxygen atoms in total. The Bertz CT molecular complexity index is 220. The van der Waals surface area contributed by atoms with Crippen molar-refractivity contribution in [3.63, 3.8) is 0 Å². The van der Waals surface area contributed by atoms with Gasteiger partial charge in [0.25, 0.3) is 0 Å².